The van der Waals surface area contributed by atoms with Crippen LogP contribution in [0.4, 0.5) is 14.7 Å². The number of hydrogen-bond donors (Lipinski definition) is 5. The molecule has 8 amide bonds. The number of rotatable bonds is 10. The summed E-state index contributed by atoms with van der Waals surface area (Å²) in [6, 6.07) is 1.13. The number of nitrogens with two attached hydrogens (primary N) is 1. The number of carboxylic acid groups (broad SMARTS) is 1. The lowest BCUT2D eigenvalue weighted by molar-refractivity contribution is -0.153. The molecule has 0 radical (unpaired) electrons. The highest BCUT2D eigenvalue weighted by Crippen LogP contribution is 2.37. The van der Waals surface area contributed by atoms with Gasteiger partial charge in [-0.3, -0.25) is 33.8 Å². The standard InChI is InChI=1S/C29H33BN8O11S/c1-2-35-8-10-37(24(42)22(35)40)28(46)32-6-7-36-9-11-38(25(43)23(36)41)29(47)34-20(18-14-50-27(31)33-18)19(39)13-16-12-15-4-3-5-17(26(44)45)21(15)49-30(16)48/h3-5,14,16,20,48H,2,6-13H2,1H3,(H2,31,33)(H,32,46)(H,34,47)(H,44,45)/t16-,20?/m1/s1. The normalized spacial score (nSPS) is 18.4. The number of carboxylic acids is 1. The zero-order valence-electron chi connectivity index (χ0n) is 26.7. The number of fused-ring (bicyclic) bond motifs is 1. The van der Waals surface area contributed by atoms with E-state index in [1.807, 2.05) is 0 Å². The highest BCUT2D eigenvalue weighted by Gasteiger charge is 2.42. The third-order valence-electron chi connectivity index (χ3n) is 8.49. The first-order chi connectivity index (χ1) is 23.8. The molecule has 2 aromatic rings. The van der Waals surface area contributed by atoms with Crippen LogP contribution in [-0.2, 0) is 30.4 Å². The molecule has 0 aliphatic carbocycles. The van der Waals surface area contributed by atoms with Gasteiger partial charge >= 0.3 is 48.8 Å². The molecule has 21 heteroatoms. The van der Waals surface area contributed by atoms with Crippen molar-refractivity contribution < 1.29 is 53.1 Å². The van der Waals surface area contributed by atoms with E-state index in [4.69, 9.17) is 10.4 Å². The number of imide groups is 2. The lowest BCUT2D eigenvalue weighted by Crippen LogP contribution is -2.60. The Morgan fingerprint density at radius 1 is 1.02 bits per heavy atom. The minimum atomic E-state index is -1.55. The number of carbonyl (C=O) groups excluding carboxylic acids is 7. The minimum Gasteiger partial charge on any atom is -0.535 e. The lowest BCUT2D eigenvalue weighted by Gasteiger charge is -2.34. The third-order valence-corrected chi connectivity index (χ3v) is 9.18. The zero-order valence-corrected chi connectivity index (χ0v) is 27.5. The predicted molar refractivity (Wildman–Crippen MR) is 173 cm³/mol. The number of carbonyl (C=O) groups is 8. The van der Waals surface area contributed by atoms with E-state index in [-0.39, 0.29) is 74.2 Å². The van der Waals surface area contributed by atoms with Gasteiger partial charge in [-0.15, -0.1) is 11.3 Å². The fraction of sp³-hybridized carbons (Fsp3) is 0.414. The number of para-hydroxylation sites is 1. The van der Waals surface area contributed by atoms with Gasteiger partial charge < -0.3 is 41.0 Å². The molecule has 50 heavy (non-hydrogen) atoms. The van der Waals surface area contributed by atoms with Gasteiger partial charge in [0, 0.05) is 63.4 Å². The van der Waals surface area contributed by atoms with Crippen molar-refractivity contribution in [2.45, 2.75) is 31.6 Å². The fourth-order valence-electron chi connectivity index (χ4n) is 5.80. The Labute approximate surface area is 288 Å². The average molecular weight is 713 g/mol. The van der Waals surface area contributed by atoms with Crippen LogP contribution in [-0.4, -0.2) is 135 Å². The van der Waals surface area contributed by atoms with Crippen LogP contribution in [0.1, 0.15) is 41.0 Å². The number of benzene rings is 1. The van der Waals surface area contributed by atoms with Gasteiger partial charge in [0.05, 0.1) is 11.3 Å². The Balaban J connectivity index is 1.18. The molecule has 0 saturated carbocycles. The largest absolute Gasteiger partial charge is 0.535 e. The van der Waals surface area contributed by atoms with E-state index in [1.165, 1.54) is 22.4 Å². The molecule has 264 valence electrons. The van der Waals surface area contributed by atoms with Crippen molar-refractivity contribution in [1.82, 2.24) is 35.2 Å². The van der Waals surface area contributed by atoms with Gasteiger partial charge in [0.1, 0.15) is 11.8 Å². The molecule has 2 atom stereocenters. The summed E-state index contributed by atoms with van der Waals surface area (Å²) in [5, 5.41) is 26.5. The molecule has 2 fully saturated rings. The number of ketones is 1. The quantitative estimate of drug-likeness (QED) is 0.142. The molecule has 1 aromatic carbocycles. The number of hydrogen-bond acceptors (Lipinski definition) is 13. The molecule has 0 bridgehead atoms. The molecule has 0 spiro atoms. The SMILES string of the molecule is CCN1CCN(C(=O)NCCN2CCN(C(=O)NC(C(=O)C[C@H]3Cc4cccc(C(=O)O)c4OB3O)c3csc(N)n3)C(=O)C2=O)C(=O)C1=O. The first-order valence-corrected chi connectivity index (χ1v) is 16.4. The van der Waals surface area contributed by atoms with Gasteiger partial charge in [-0.2, -0.15) is 0 Å². The number of thiazole rings is 1. The van der Waals surface area contributed by atoms with Crippen LogP contribution in [0.15, 0.2) is 23.6 Å². The Kier molecular flexibility index (Phi) is 10.7. The maximum atomic E-state index is 13.6. The van der Waals surface area contributed by atoms with E-state index < -0.39 is 66.4 Å². The topological polar surface area (TPSA) is 262 Å². The van der Waals surface area contributed by atoms with Crippen LogP contribution < -0.4 is 21.0 Å². The molecule has 3 aliphatic heterocycles. The number of aromatic nitrogens is 1. The van der Waals surface area contributed by atoms with E-state index in [2.05, 4.69) is 15.6 Å². The monoisotopic (exact) mass is 712 g/mol. The number of urea groups is 2. The zero-order chi connectivity index (χ0) is 36.3. The van der Waals surface area contributed by atoms with Gasteiger partial charge in [0.15, 0.2) is 10.9 Å². The molecule has 19 nitrogen and oxygen atoms in total. The van der Waals surface area contributed by atoms with E-state index in [9.17, 15) is 48.5 Å². The first-order valence-electron chi connectivity index (χ1n) is 15.5. The number of aromatic carboxylic acids is 1. The molecule has 3 aliphatic rings. The fourth-order valence-corrected chi connectivity index (χ4v) is 6.39. The van der Waals surface area contributed by atoms with Crippen molar-refractivity contribution in [3.05, 3.63) is 40.4 Å². The predicted octanol–water partition coefficient (Wildman–Crippen LogP) is -1.31. The molecule has 1 unspecified atom stereocenters. The minimum absolute atomic E-state index is 0.00302. The van der Waals surface area contributed by atoms with Gasteiger partial charge in [-0.1, -0.05) is 12.1 Å². The first kappa shape index (κ1) is 35.7. The number of piperazine rings is 2. The van der Waals surface area contributed by atoms with E-state index >= 15 is 0 Å². The Hall–Kier alpha value is -5.57. The van der Waals surface area contributed by atoms with Crippen LogP contribution in [0.2, 0.25) is 5.82 Å². The summed E-state index contributed by atoms with van der Waals surface area (Å²) in [7, 11) is -1.55. The van der Waals surface area contributed by atoms with Crippen molar-refractivity contribution in [3.63, 3.8) is 0 Å². The van der Waals surface area contributed by atoms with Gasteiger partial charge in [0.2, 0.25) is 0 Å². The summed E-state index contributed by atoms with van der Waals surface area (Å²) in [5.74, 6) is -6.72. The van der Waals surface area contributed by atoms with E-state index in [0.717, 1.165) is 21.1 Å². The van der Waals surface area contributed by atoms with Crippen molar-refractivity contribution in [1.29, 1.82) is 0 Å². The lowest BCUT2D eigenvalue weighted by atomic mass is 9.64. The van der Waals surface area contributed by atoms with Gasteiger partial charge in [0.25, 0.3) is 0 Å². The van der Waals surface area contributed by atoms with Crippen molar-refractivity contribution in [2.24, 2.45) is 0 Å². The van der Waals surface area contributed by atoms with Crippen molar-refractivity contribution in [2.75, 3.05) is 51.5 Å². The Morgan fingerprint density at radius 2 is 1.68 bits per heavy atom. The number of Topliss-reactive ketones (excluding diaryl/α,β-unsaturated/α-hetero) is 1. The van der Waals surface area contributed by atoms with Gasteiger partial charge in [-0.25, -0.2) is 19.4 Å². The second kappa shape index (κ2) is 14.9. The Bertz CT molecular complexity index is 1750. The maximum Gasteiger partial charge on any atom is 0.526 e. The van der Waals surface area contributed by atoms with E-state index in [1.54, 1.807) is 13.0 Å². The average Bonchev–Trinajstić information content (AvgIpc) is 3.52. The molecular weight excluding hydrogens is 679 g/mol. The van der Waals surface area contributed by atoms with Crippen LogP contribution in [0.3, 0.4) is 0 Å². The molecule has 5 rings (SSSR count). The van der Waals surface area contributed by atoms with Crippen LogP contribution in [0.25, 0.3) is 0 Å². The molecule has 2 saturated heterocycles. The molecule has 1 aromatic heterocycles. The van der Waals surface area contributed by atoms with Crippen LogP contribution in [0, 0.1) is 0 Å². The maximum absolute atomic E-state index is 13.6. The summed E-state index contributed by atoms with van der Waals surface area (Å²) in [5.41, 5.74) is 6.15. The molecule has 4 heterocycles. The third kappa shape index (κ3) is 7.37. The van der Waals surface area contributed by atoms with Crippen LogP contribution in [0.5, 0.6) is 5.75 Å². The van der Waals surface area contributed by atoms with Crippen molar-refractivity contribution in [3.8, 4) is 5.75 Å². The molecular formula is C29H33BN8O11S. The summed E-state index contributed by atoms with van der Waals surface area (Å²) < 4.78 is 5.48. The number of nitrogen functional groups attached to an aromatic ring is 1. The van der Waals surface area contributed by atoms with Crippen molar-refractivity contribution >= 4 is 71.0 Å². The number of likely N-dealkylation sites (N-methyl/N-ethyl adjacent to an activating group) is 1. The Morgan fingerprint density at radius 3 is 2.32 bits per heavy atom. The van der Waals surface area contributed by atoms with Gasteiger partial charge in [-0.05, 0) is 25.0 Å². The number of nitrogens with zero attached hydrogens (tertiary/aromatic N) is 5. The van der Waals surface area contributed by atoms with Crippen LogP contribution >= 0.6 is 11.3 Å². The number of amides is 8. The molecule has 6 N–H and O–H groups in total. The summed E-state index contributed by atoms with van der Waals surface area (Å²) in [6.45, 7) is 1.58. The highest BCUT2D eigenvalue weighted by molar-refractivity contribution is 7.13. The second-order valence-electron chi connectivity index (χ2n) is 11.6. The summed E-state index contributed by atoms with van der Waals surface area (Å²) in [4.78, 5) is 109. The number of anilines is 1. The van der Waals surface area contributed by atoms with E-state index in [0.29, 0.717) is 17.0 Å². The highest BCUT2D eigenvalue weighted by atomic mass is 32.1. The smallest absolute Gasteiger partial charge is 0.526 e. The second-order valence-corrected chi connectivity index (χ2v) is 12.4. The number of nitrogens with one attached hydrogen (secondary N) is 2. The summed E-state index contributed by atoms with van der Waals surface area (Å²) >= 11 is 0.997. The summed E-state index contributed by atoms with van der Waals surface area (Å²) in [6.07, 6.45) is -0.261.